The smallest absolute Gasteiger partial charge is 0.301 e. The molecule has 0 radical (unpaired) electrons. The molecule has 2 aromatic carbocycles. The number of benzene rings is 2. The lowest BCUT2D eigenvalue weighted by Gasteiger charge is -2.32. The number of rotatable bonds is 10. The summed E-state index contributed by atoms with van der Waals surface area (Å²) in [6.07, 6.45) is 1.20. The molecule has 1 aliphatic rings. The van der Waals surface area contributed by atoms with E-state index < -0.39 is 33.3 Å². The van der Waals surface area contributed by atoms with Crippen molar-refractivity contribution in [3.63, 3.8) is 0 Å². The molecular formula is C21H26F3IN4O3S. The van der Waals surface area contributed by atoms with Crippen LogP contribution in [-0.2, 0) is 14.9 Å². The average molecular weight is 598 g/mol. The minimum Gasteiger partial charge on any atom is -0.380 e. The van der Waals surface area contributed by atoms with E-state index in [0.717, 1.165) is 12.1 Å². The predicted octanol–water partition coefficient (Wildman–Crippen LogP) is 4.20. The van der Waals surface area contributed by atoms with Gasteiger partial charge in [0.2, 0.25) is 0 Å². The van der Waals surface area contributed by atoms with Crippen LogP contribution < -0.4 is 15.4 Å². The molecular weight excluding hydrogens is 572 g/mol. The van der Waals surface area contributed by atoms with Crippen LogP contribution in [0, 0.1) is 21.0 Å². The van der Waals surface area contributed by atoms with Crippen molar-refractivity contribution in [3.05, 3.63) is 51.4 Å². The van der Waals surface area contributed by atoms with Crippen molar-refractivity contribution in [1.82, 2.24) is 9.62 Å². The van der Waals surface area contributed by atoms with E-state index in [2.05, 4.69) is 15.4 Å². The fraction of sp³-hybridized carbons (Fsp3) is 0.429. The van der Waals surface area contributed by atoms with Crippen molar-refractivity contribution in [2.45, 2.75) is 25.8 Å². The highest BCUT2D eigenvalue weighted by atomic mass is 127. The highest BCUT2D eigenvalue weighted by Gasteiger charge is 2.29. The zero-order valence-corrected chi connectivity index (χ0v) is 21.0. The van der Waals surface area contributed by atoms with Crippen LogP contribution >= 0.6 is 22.6 Å². The van der Waals surface area contributed by atoms with Crippen molar-refractivity contribution in [1.29, 1.82) is 0 Å². The maximum absolute atomic E-state index is 14.6. The Kier molecular flexibility index (Phi) is 9.21. The Labute approximate surface area is 205 Å². The zero-order chi connectivity index (χ0) is 24.0. The molecule has 0 saturated carbocycles. The first kappa shape index (κ1) is 26.0. The fourth-order valence-electron chi connectivity index (χ4n) is 3.47. The standard InChI is InChI=1S/C21H26F3IN4O3S/c1-2-32-12-9-26-15-7-10-29(11-8-15)33(30,31)28-19-6-4-16(22)20(24)21(19)27-18-5-3-14(25)13-17(18)23/h3-6,13,15,26-28H,2,7-12H2,1H3. The molecule has 1 aliphatic heterocycles. The summed E-state index contributed by atoms with van der Waals surface area (Å²) in [6.45, 7) is 4.36. The number of nitrogens with one attached hydrogen (secondary N) is 3. The summed E-state index contributed by atoms with van der Waals surface area (Å²) < 4.78 is 78.0. The Balaban J connectivity index is 1.71. The molecule has 0 spiro atoms. The van der Waals surface area contributed by atoms with Crippen molar-refractivity contribution < 1.29 is 26.3 Å². The number of piperidine rings is 1. The zero-order valence-electron chi connectivity index (χ0n) is 18.0. The van der Waals surface area contributed by atoms with Crippen LogP contribution in [0.2, 0.25) is 0 Å². The Hall–Kier alpha value is -1.61. The average Bonchev–Trinajstić information content (AvgIpc) is 2.78. The fourth-order valence-corrected chi connectivity index (χ4v) is 5.19. The van der Waals surface area contributed by atoms with E-state index in [9.17, 15) is 21.6 Å². The van der Waals surface area contributed by atoms with Gasteiger partial charge in [-0.1, -0.05) is 0 Å². The largest absolute Gasteiger partial charge is 0.380 e. The van der Waals surface area contributed by atoms with Gasteiger partial charge in [0.25, 0.3) is 0 Å². The summed E-state index contributed by atoms with van der Waals surface area (Å²) in [5, 5.41) is 5.82. The highest BCUT2D eigenvalue weighted by molar-refractivity contribution is 14.1. The molecule has 7 nitrogen and oxygen atoms in total. The molecule has 1 saturated heterocycles. The van der Waals surface area contributed by atoms with Crippen LogP contribution in [-0.4, -0.2) is 51.6 Å². The number of nitrogens with zero attached hydrogens (tertiary/aromatic N) is 1. The van der Waals surface area contributed by atoms with Crippen LogP contribution in [0.5, 0.6) is 0 Å². The van der Waals surface area contributed by atoms with Gasteiger partial charge in [0.05, 0.1) is 18.0 Å². The van der Waals surface area contributed by atoms with Crippen molar-refractivity contribution in [2.24, 2.45) is 0 Å². The second-order valence-corrected chi connectivity index (χ2v) is 10.4. The number of hydrogen-bond acceptors (Lipinski definition) is 5. The molecule has 1 fully saturated rings. The van der Waals surface area contributed by atoms with Crippen LogP contribution in [0.1, 0.15) is 19.8 Å². The van der Waals surface area contributed by atoms with Gasteiger partial charge in [0, 0.05) is 35.9 Å². The van der Waals surface area contributed by atoms with E-state index in [4.69, 9.17) is 4.74 Å². The molecule has 2 aromatic rings. The van der Waals surface area contributed by atoms with Crippen molar-refractivity contribution in [2.75, 3.05) is 42.9 Å². The molecule has 0 unspecified atom stereocenters. The van der Waals surface area contributed by atoms with Gasteiger partial charge >= 0.3 is 10.2 Å². The number of anilines is 3. The predicted molar refractivity (Wildman–Crippen MR) is 130 cm³/mol. The van der Waals surface area contributed by atoms with Gasteiger partial charge in [-0.25, -0.2) is 13.2 Å². The maximum Gasteiger partial charge on any atom is 0.301 e. The quantitative estimate of drug-likeness (QED) is 0.282. The number of halogens is 4. The van der Waals surface area contributed by atoms with Gasteiger partial charge in [-0.15, -0.1) is 0 Å². The Bertz CT molecular complexity index is 1070. The minimum absolute atomic E-state index is 0.112. The monoisotopic (exact) mass is 598 g/mol. The van der Waals surface area contributed by atoms with Crippen LogP contribution in [0.3, 0.4) is 0 Å². The first-order valence-corrected chi connectivity index (χ1v) is 13.0. The van der Waals surface area contributed by atoms with Crippen LogP contribution in [0.4, 0.5) is 30.2 Å². The highest BCUT2D eigenvalue weighted by Crippen LogP contribution is 2.33. The van der Waals surface area contributed by atoms with E-state index in [0.29, 0.717) is 36.2 Å². The summed E-state index contributed by atoms with van der Waals surface area (Å²) in [4.78, 5) is 0. The Morgan fingerprint density at radius 2 is 1.79 bits per heavy atom. The lowest BCUT2D eigenvalue weighted by atomic mass is 10.1. The van der Waals surface area contributed by atoms with Crippen molar-refractivity contribution in [3.8, 4) is 0 Å². The van der Waals surface area contributed by atoms with Gasteiger partial charge in [0.15, 0.2) is 11.6 Å². The molecule has 0 bridgehead atoms. The SMILES string of the molecule is CCOCCNC1CCN(S(=O)(=O)Nc2ccc(F)c(F)c2Nc2ccc(I)cc2F)CC1. The van der Waals surface area contributed by atoms with E-state index >= 15 is 0 Å². The Morgan fingerprint density at radius 1 is 1.09 bits per heavy atom. The van der Waals surface area contributed by atoms with E-state index in [1.807, 2.05) is 29.5 Å². The molecule has 33 heavy (non-hydrogen) atoms. The van der Waals surface area contributed by atoms with E-state index in [1.54, 1.807) is 6.07 Å². The molecule has 12 heteroatoms. The topological polar surface area (TPSA) is 82.7 Å². The molecule has 0 atom stereocenters. The third-order valence-corrected chi connectivity index (χ3v) is 7.40. The summed E-state index contributed by atoms with van der Waals surface area (Å²) in [7, 11) is -4.04. The van der Waals surface area contributed by atoms with Crippen molar-refractivity contribution >= 4 is 49.9 Å². The lowest BCUT2D eigenvalue weighted by Crippen LogP contribution is -2.47. The molecule has 0 amide bonds. The lowest BCUT2D eigenvalue weighted by molar-refractivity contribution is 0.143. The van der Waals surface area contributed by atoms with Gasteiger partial charge in [0.1, 0.15) is 11.5 Å². The van der Waals surface area contributed by atoms with E-state index in [1.165, 1.54) is 16.4 Å². The first-order valence-electron chi connectivity index (χ1n) is 10.5. The van der Waals surface area contributed by atoms with Gasteiger partial charge in [-0.3, -0.25) is 4.72 Å². The van der Waals surface area contributed by atoms with Crippen LogP contribution in [0.15, 0.2) is 30.3 Å². The van der Waals surface area contributed by atoms with E-state index in [-0.39, 0.29) is 30.5 Å². The second-order valence-electron chi connectivity index (χ2n) is 7.46. The third-order valence-electron chi connectivity index (χ3n) is 5.20. The third kappa shape index (κ3) is 6.94. The first-order chi connectivity index (χ1) is 15.7. The maximum atomic E-state index is 14.6. The molecule has 182 valence electrons. The number of ether oxygens (including phenoxy) is 1. The summed E-state index contributed by atoms with van der Waals surface area (Å²) >= 11 is 1.92. The molecule has 1 heterocycles. The van der Waals surface area contributed by atoms with Crippen LogP contribution in [0.25, 0.3) is 0 Å². The normalized spacial score (nSPS) is 15.5. The summed E-state index contributed by atoms with van der Waals surface area (Å²) in [6, 6.07) is 6.25. The van der Waals surface area contributed by atoms with Gasteiger partial charge < -0.3 is 15.4 Å². The second kappa shape index (κ2) is 11.7. The minimum atomic E-state index is -4.04. The summed E-state index contributed by atoms with van der Waals surface area (Å²) in [5.74, 6) is -3.19. The molecule has 3 N–H and O–H groups in total. The summed E-state index contributed by atoms with van der Waals surface area (Å²) in [5.41, 5.74) is -0.825. The molecule has 0 aromatic heterocycles. The Morgan fingerprint density at radius 3 is 2.45 bits per heavy atom. The van der Waals surface area contributed by atoms with Gasteiger partial charge in [-0.2, -0.15) is 12.7 Å². The molecule has 3 rings (SSSR count). The van der Waals surface area contributed by atoms with Gasteiger partial charge in [-0.05, 0) is 72.7 Å². The number of hydrogen-bond donors (Lipinski definition) is 3. The molecule has 0 aliphatic carbocycles.